The van der Waals surface area contributed by atoms with Crippen LogP contribution in [0.25, 0.3) is 6.08 Å². The van der Waals surface area contributed by atoms with Crippen molar-refractivity contribution in [2.45, 2.75) is 31.7 Å². The van der Waals surface area contributed by atoms with Crippen molar-refractivity contribution < 1.29 is 14.3 Å². The van der Waals surface area contributed by atoms with Crippen molar-refractivity contribution in [3.63, 3.8) is 0 Å². The van der Waals surface area contributed by atoms with Gasteiger partial charge in [0, 0.05) is 4.90 Å². The number of esters is 1. The summed E-state index contributed by atoms with van der Waals surface area (Å²) in [5.41, 5.74) is 2.38. The van der Waals surface area contributed by atoms with Crippen LogP contribution in [0.4, 0.5) is 0 Å². The van der Waals surface area contributed by atoms with Gasteiger partial charge in [-0.2, -0.15) is 0 Å². The van der Waals surface area contributed by atoms with Crippen LogP contribution in [0.5, 0.6) is 11.5 Å². The fourth-order valence-corrected chi connectivity index (χ4v) is 5.90. The minimum atomic E-state index is -0.637. The van der Waals surface area contributed by atoms with E-state index in [2.05, 4.69) is 0 Å². The molecule has 8 heteroatoms. The van der Waals surface area contributed by atoms with E-state index in [0.29, 0.717) is 33.0 Å². The first-order chi connectivity index (χ1) is 19.3. The third-order valence-corrected chi connectivity index (χ3v) is 8.08. The fourth-order valence-electron chi connectivity index (χ4n) is 4.45. The predicted molar refractivity (Wildman–Crippen MR) is 161 cm³/mol. The van der Waals surface area contributed by atoms with E-state index in [0.717, 1.165) is 21.8 Å². The Labute approximate surface area is 241 Å². The second-order valence-electron chi connectivity index (χ2n) is 9.83. The number of fused-ring (bicyclic) bond motifs is 1. The molecule has 3 aromatic carbocycles. The number of hydrogen-bond donors (Lipinski definition) is 0. The Morgan fingerprint density at radius 2 is 1.77 bits per heavy atom. The number of benzene rings is 3. The molecule has 0 radical (unpaired) electrons. The summed E-state index contributed by atoms with van der Waals surface area (Å²) in [6, 6.07) is 24.4. The highest BCUT2D eigenvalue weighted by molar-refractivity contribution is 7.98. The molecule has 4 aromatic rings. The molecule has 0 aliphatic carbocycles. The third kappa shape index (κ3) is 5.98. The zero-order valence-electron chi connectivity index (χ0n) is 22.8. The maximum absolute atomic E-state index is 13.9. The molecule has 0 N–H and O–H groups in total. The quantitative estimate of drug-likeness (QED) is 0.194. The summed E-state index contributed by atoms with van der Waals surface area (Å²) in [6.07, 6.45) is 3.85. The van der Waals surface area contributed by atoms with Crippen LogP contribution in [-0.4, -0.2) is 23.4 Å². The van der Waals surface area contributed by atoms with Gasteiger partial charge in [-0.25, -0.2) is 9.79 Å². The largest absolute Gasteiger partial charge is 0.462 e. The van der Waals surface area contributed by atoms with Crippen molar-refractivity contribution in [3.05, 3.63) is 121 Å². The van der Waals surface area contributed by atoms with E-state index >= 15 is 0 Å². The second kappa shape index (κ2) is 12.1. The summed E-state index contributed by atoms with van der Waals surface area (Å²) in [7, 11) is 0. The molecule has 0 bridgehead atoms. The number of thioether (sulfide) groups is 1. The molecule has 1 aromatic heterocycles. The Bertz CT molecular complexity index is 1740. The van der Waals surface area contributed by atoms with Crippen molar-refractivity contribution in [2.24, 2.45) is 10.9 Å². The summed E-state index contributed by atoms with van der Waals surface area (Å²) < 4.78 is 13.8. The number of rotatable bonds is 8. The summed E-state index contributed by atoms with van der Waals surface area (Å²) in [6.45, 7) is 6.07. The van der Waals surface area contributed by atoms with E-state index in [1.165, 1.54) is 11.3 Å². The van der Waals surface area contributed by atoms with Crippen LogP contribution < -0.4 is 19.6 Å². The number of nitrogens with zero attached hydrogens (tertiary/aromatic N) is 2. The predicted octanol–water partition coefficient (Wildman–Crippen LogP) is 5.95. The van der Waals surface area contributed by atoms with Gasteiger partial charge in [0.25, 0.3) is 5.56 Å². The first kappa shape index (κ1) is 27.7. The van der Waals surface area contributed by atoms with E-state index in [-0.39, 0.29) is 11.5 Å². The molecule has 0 fully saturated rings. The maximum atomic E-state index is 13.9. The van der Waals surface area contributed by atoms with Gasteiger partial charge in [-0.3, -0.25) is 9.36 Å². The number of allylic oxidation sites excluding steroid dienone is 1. The molecular weight excluding hydrogens is 540 g/mol. The van der Waals surface area contributed by atoms with Crippen LogP contribution in [0.3, 0.4) is 0 Å². The van der Waals surface area contributed by atoms with Crippen molar-refractivity contribution in [2.75, 3.05) is 12.9 Å². The van der Waals surface area contributed by atoms with Crippen LogP contribution in [0.1, 0.15) is 37.9 Å². The molecule has 40 heavy (non-hydrogen) atoms. The van der Waals surface area contributed by atoms with Crippen molar-refractivity contribution in [1.29, 1.82) is 0 Å². The topological polar surface area (TPSA) is 69.9 Å². The van der Waals surface area contributed by atoms with Gasteiger partial charge in [0.15, 0.2) is 4.80 Å². The van der Waals surface area contributed by atoms with E-state index in [9.17, 15) is 9.59 Å². The number of aromatic nitrogens is 1. The Morgan fingerprint density at radius 1 is 1.05 bits per heavy atom. The fraction of sp³-hybridized carbons (Fsp3) is 0.219. The molecule has 2 heterocycles. The van der Waals surface area contributed by atoms with Gasteiger partial charge in [0.1, 0.15) is 11.5 Å². The van der Waals surface area contributed by atoms with Gasteiger partial charge in [-0.1, -0.05) is 67.6 Å². The number of ether oxygens (including phenoxy) is 2. The zero-order chi connectivity index (χ0) is 28.2. The summed E-state index contributed by atoms with van der Waals surface area (Å²) in [4.78, 5) is 33.6. The van der Waals surface area contributed by atoms with Crippen LogP contribution in [0.2, 0.25) is 0 Å². The first-order valence-corrected chi connectivity index (χ1v) is 15.0. The highest BCUT2D eigenvalue weighted by Gasteiger charge is 2.33. The van der Waals surface area contributed by atoms with Gasteiger partial charge in [-0.15, -0.1) is 11.8 Å². The number of hydrogen-bond acceptors (Lipinski definition) is 7. The summed E-state index contributed by atoms with van der Waals surface area (Å²) >= 11 is 2.94. The van der Waals surface area contributed by atoms with E-state index in [1.807, 2.05) is 105 Å². The lowest BCUT2D eigenvalue weighted by molar-refractivity contribution is -0.140. The lowest BCUT2D eigenvalue weighted by Crippen LogP contribution is -2.40. The molecule has 5 rings (SSSR count). The van der Waals surface area contributed by atoms with Gasteiger partial charge in [0.05, 0.1) is 28.5 Å². The number of carbonyl (C=O) groups is 1. The Morgan fingerprint density at radius 3 is 2.48 bits per heavy atom. The minimum absolute atomic E-state index is 0.187. The van der Waals surface area contributed by atoms with E-state index < -0.39 is 12.0 Å². The molecule has 1 unspecified atom stereocenters. The standard InChI is InChI=1S/C32H30N2O4S2/c1-20(2)19-37-31(36)28-21(3)33-32-34(29(28)23-13-15-26(39-4)16-14-23)30(35)27(40-32)18-22-9-8-12-25(17-22)38-24-10-6-5-7-11-24/h5-18,20,29H,19H2,1-4H3. The molecule has 204 valence electrons. The molecule has 0 amide bonds. The molecule has 1 aliphatic heterocycles. The molecule has 0 saturated carbocycles. The van der Waals surface area contributed by atoms with Crippen LogP contribution in [0, 0.1) is 5.92 Å². The molecule has 0 spiro atoms. The normalized spacial score (nSPS) is 15.1. The molecule has 6 nitrogen and oxygen atoms in total. The lowest BCUT2D eigenvalue weighted by atomic mass is 9.96. The Kier molecular flexibility index (Phi) is 8.38. The van der Waals surface area contributed by atoms with Gasteiger partial charge in [-0.05, 0) is 72.7 Å². The van der Waals surface area contributed by atoms with E-state index in [4.69, 9.17) is 14.5 Å². The van der Waals surface area contributed by atoms with Gasteiger partial charge < -0.3 is 9.47 Å². The average Bonchev–Trinajstić information content (AvgIpc) is 3.25. The minimum Gasteiger partial charge on any atom is -0.462 e. The number of para-hydroxylation sites is 1. The average molecular weight is 571 g/mol. The number of thiazole rings is 1. The molecule has 0 saturated heterocycles. The van der Waals surface area contributed by atoms with Crippen LogP contribution >= 0.6 is 23.1 Å². The Hall–Kier alpha value is -3.88. The monoisotopic (exact) mass is 570 g/mol. The summed E-state index contributed by atoms with van der Waals surface area (Å²) in [5.74, 6) is 1.14. The van der Waals surface area contributed by atoms with Crippen molar-refractivity contribution in [3.8, 4) is 11.5 Å². The zero-order valence-corrected chi connectivity index (χ0v) is 24.4. The van der Waals surface area contributed by atoms with Crippen molar-refractivity contribution >= 4 is 35.1 Å². The van der Waals surface area contributed by atoms with Crippen LogP contribution in [-0.2, 0) is 9.53 Å². The van der Waals surface area contributed by atoms with Gasteiger partial charge >= 0.3 is 5.97 Å². The number of carbonyl (C=O) groups excluding carboxylic acids is 1. The van der Waals surface area contributed by atoms with E-state index in [1.54, 1.807) is 23.3 Å². The maximum Gasteiger partial charge on any atom is 0.338 e. The molecular formula is C32H30N2O4S2. The highest BCUT2D eigenvalue weighted by atomic mass is 32.2. The molecule has 1 atom stereocenters. The highest BCUT2D eigenvalue weighted by Crippen LogP contribution is 2.32. The second-order valence-corrected chi connectivity index (χ2v) is 11.7. The van der Waals surface area contributed by atoms with Gasteiger partial charge in [0.2, 0.25) is 0 Å². The lowest BCUT2D eigenvalue weighted by Gasteiger charge is -2.25. The molecule has 1 aliphatic rings. The first-order valence-electron chi connectivity index (χ1n) is 13.0. The van der Waals surface area contributed by atoms with Crippen molar-refractivity contribution in [1.82, 2.24) is 4.57 Å². The SMILES string of the molecule is CSc1ccc(C2C(C(=O)OCC(C)C)=C(C)N=c3sc(=Cc4cccc(Oc5ccccc5)c4)c(=O)n32)cc1. The Balaban J connectivity index is 1.59. The smallest absolute Gasteiger partial charge is 0.338 e. The third-order valence-electron chi connectivity index (χ3n) is 6.36. The van der Waals surface area contributed by atoms with Crippen LogP contribution in [0.15, 0.2) is 105 Å². The summed E-state index contributed by atoms with van der Waals surface area (Å²) in [5, 5.41) is 0.